The van der Waals surface area contributed by atoms with Gasteiger partial charge in [-0.1, -0.05) is 35.2 Å². The lowest BCUT2D eigenvalue weighted by atomic mass is 10.1. The number of hydrogen-bond acceptors (Lipinski definition) is 4. The van der Waals surface area contributed by atoms with Gasteiger partial charge in [-0.2, -0.15) is 0 Å². The highest BCUT2D eigenvalue weighted by Crippen LogP contribution is 2.05. The van der Waals surface area contributed by atoms with E-state index < -0.39 is 11.9 Å². The maximum atomic E-state index is 12.4. The van der Waals surface area contributed by atoms with Gasteiger partial charge < -0.3 is 27.3 Å². The third-order valence-corrected chi connectivity index (χ3v) is 3.78. The number of nitrogens with zero attached hydrogens (tertiary/aromatic N) is 1. The van der Waals surface area contributed by atoms with Crippen LogP contribution in [0.4, 0.5) is 0 Å². The van der Waals surface area contributed by atoms with Crippen LogP contribution in [0.15, 0.2) is 59.8 Å². The number of amidine groups is 1. The molecule has 1 atom stereocenters. The second-order valence-corrected chi connectivity index (χ2v) is 5.80. The van der Waals surface area contributed by atoms with E-state index in [2.05, 4.69) is 33.4 Å². The fourth-order valence-electron chi connectivity index (χ4n) is 2.22. The van der Waals surface area contributed by atoms with Gasteiger partial charge in [0, 0.05) is 23.2 Å². The Labute approximate surface area is 162 Å². The SMILES string of the molecule is NC(=NO)C(CNC(=O)C[NH3+])NC(=O)c1ccc(C#Cc2ccccc2)cc1. The molecule has 0 aliphatic carbocycles. The molecule has 2 aromatic carbocycles. The highest BCUT2D eigenvalue weighted by molar-refractivity contribution is 5.98. The van der Waals surface area contributed by atoms with Crippen molar-refractivity contribution in [1.29, 1.82) is 0 Å². The van der Waals surface area contributed by atoms with E-state index in [1.807, 2.05) is 30.3 Å². The number of oxime groups is 1. The van der Waals surface area contributed by atoms with Gasteiger partial charge in [-0.25, -0.2) is 0 Å². The average Bonchev–Trinajstić information content (AvgIpc) is 2.75. The molecule has 2 rings (SSSR count). The summed E-state index contributed by atoms with van der Waals surface area (Å²) in [6.07, 6.45) is 0. The van der Waals surface area contributed by atoms with Crippen molar-refractivity contribution in [1.82, 2.24) is 10.6 Å². The third-order valence-electron chi connectivity index (χ3n) is 3.78. The van der Waals surface area contributed by atoms with Crippen molar-refractivity contribution >= 4 is 17.6 Å². The molecule has 2 amide bonds. The zero-order valence-electron chi connectivity index (χ0n) is 15.2. The summed E-state index contributed by atoms with van der Waals surface area (Å²) in [7, 11) is 0. The van der Waals surface area contributed by atoms with E-state index in [0.717, 1.165) is 11.1 Å². The number of benzene rings is 2. The second kappa shape index (κ2) is 10.4. The maximum absolute atomic E-state index is 12.4. The molecule has 0 aromatic heterocycles. The smallest absolute Gasteiger partial charge is 0.275 e. The minimum atomic E-state index is -0.856. The van der Waals surface area contributed by atoms with E-state index >= 15 is 0 Å². The number of nitrogens with one attached hydrogen (secondary N) is 2. The summed E-state index contributed by atoms with van der Waals surface area (Å²) >= 11 is 0. The highest BCUT2D eigenvalue weighted by atomic mass is 16.4. The lowest BCUT2D eigenvalue weighted by Gasteiger charge is -2.17. The first-order valence-electron chi connectivity index (χ1n) is 8.55. The van der Waals surface area contributed by atoms with Gasteiger partial charge in [-0.05, 0) is 36.4 Å². The summed E-state index contributed by atoms with van der Waals surface area (Å²) in [6.45, 7) is 0.0267. The van der Waals surface area contributed by atoms with E-state index in [1.54, 1.807) is 24.3 Å². The second-order valence-electron chi connectivity index (χ2n) is 5.80. The number of nitrogens with two attached hydrogens (primary N) is 1. The van der Waals surface area contributed by atoms with E-state index in [9.17, 15) is 9.59 Å². The summed E-state index contributed by atoms with van der Waals surface area (Å²) in [5.41, 5.74) is 11.1. The molecule has 0 aliphatic rings. The van der Waals surface area contributed by atoms with Crippen molar-refractivity contribution < 1.29 is 20.5 Å². The summed E-state index contributed by atoms with van der Waals surface area (Å²) in [5, 5.41) is 16.9. The summed E-state index contributed by atoms with van der Waals surface area (Å²) in [5.74, 6) is 5.11. The summed E-state index contributed by atoms with van der Waals surface area (Å²) in [6, 6.07) is 15.4. The zero-order valence-corrected chi connectivity index (χ0v) is 15.2. The Balaban J connectivity index is 2.04. The van der Waals surface area contributed by atoms with Crippen LogP contribution in [0.1, 0.15) is 21.5 Å². The lowest BCUT2D eigenvalue weighted by Crippen LogP contribution is -2.59. The van der Waals surface area contributed by atoms with Crippen LogP contribution >= 0.6 is 0 Å². The van der Waals surface area contributed by atoms with Crippen LogP contribution in [0.5, 0.6) is 0 Å². The van der Waals surface area contributed by atoms with Crippen molar-refractivity contribution in [3.8, 4) is 11.8 Å². The van der Waals surface area contributed by atoms with Crippen LogP contribution in [-0.2, 0) is 4.79 Å². The van der Waals surface area contributed by atoms with E-state index in [1.165, 1.54) is 0 Å². The largest absolute Gasteiger partial charge is 0.409 e. The molecule has 8 heteroatoms. The van der Waals surface area contributed by atoms with Crippen LogP contribution in [0, 0.1) is 11.8 Å². The van der Waals surface area contributed by atoms with Crippen LogP contribution in [0.3, 0.4) is 0 Å². The van der Waals surface area contributed by atoms with Gasteiger partial charge in [0.05, 0.1) is 0 Å². The maximum Gasteiger partial charge on any atom is 0.275 e. The van der Waals surface area contributed by atoms with Crippen LogP contribution in [-0.4, -0.2) is 42.0 Å². The summed E-state index contributed by atoms with van der Waals surface area (Å²) in [4.78, 5) is 23.8. The Morgan fingerprint density at radius 1 is 1.07 bits per heavy atom. The number of carbonyl (C=O) groups is 2. The monoisotopic (exact) mass is 380 g/mol. The summed E-state index contributed by atoms with van der Waals surface area (Å²) < 4.78 is 0. The molecular formula is C20H22N5O3+. The molecule has 0 fully saturated rings. The fourth-order valence-corrected chi connectivity index (χ4v) is 2.22. The molecule has 1 unspecified atom stereocenters. The predicted molar refractivity (Wildman–Crippen MR) is 104 cm³/mol. The minimum absolute atomic E-state index is 0.0172. The Hall–Kier alpha value is -3.83. The van der Waals surface area contributed by atoms with Gasteiger partial charge in [-0.15, -0.1) is 0 Å². The Bertz CT molecular complexity index is 899. The lowest BCUT2D eigenvalue weighted by molar-refractivity contribution is -0.355. The van der Waals surface area contributed by atoms with Gasteiger partial charge in [-0.3, -0.25) is 9.59 Å². The molecule has 0 bridgehead atoms. The molecule has 0 aliphatic heterocycles. The molecule has 0 radical (unpaired) electrons. The Kier molecular flexibility index (Phi) is 7.57. The van der Waals surface area contributed by atoms with Gasteiger partial charge >= 0.3 is 0 Å². The number of rotatable bonds is 6. The van der Waals surface area contributed by atoms with Crippen molar-refractivity contribution in [2.75, 3.05) is 13.1 Å². The van der Waals surface area contributed by atoms with Gasteiger partial charge in [0.1, 0.15) is 6.04 Å². The van der Waals surface area contributed by atoms with Gasteiger partial charge in [0.15, 0.2) is 12.4 Å². The average molecular weight is 380 g/mol. The van der Waals surface area contributed by atoms with Crippen molar-refractivity contribution in [3.05, 3.63) is 71.3 Å². The van der Waals surface area contributed by atoms with Crippen LogP contribution < -0.4 is 22.1 Å². The van der Waals surface area contributed by atoms with Gasteiger partial charge in [0.2, 0.25) is 0 Å². The van der Waals surface area contributed by atoms with Crippen LogP contribution in [0.25, 0.3) is 0 Å². The molecule has 0 heterocycles. The number of quaternary nitrogens is 1. The Morgan fingerprint density at radius 3 is 2.25 bits per heavy atom. The first-order valence-corrected chi connectivity index (χ1v) is 8.55. The molecule has 0 saturated carbocycles. The van der Waals surface area contributed by atoms with Crippen molar-refractivity contribution in [2.24, 2.45) is 10.9 Å². The van der Waals surface area contributed by atoms with E-state index in [4.69, 9.17) is 10.9 Å². The number of carbonyl (C=O) groups excluding carboxylic acids is 2. The minimum Gasteiger partial charge on any atom is -0.409 e. The quantitative estimate of drug-likeness (QED) is 0.148. The van der Waals surface area contributed by atoms with E-state index in [-0.39, 0.29) is 24.8 Å². The molecule has 8 N–H and O–H groups in total. The number of amides is 2. The molecule has 0 saturated heterocycles. The molecule has 28 heavy (non-hydrogen) atoms. The third kappa shape index (κ3) is 6.16. The Morgan fingerprint density at radius 2 is 1.68 bits per heavy atom. The topological polar surface area (TPSA) is 144 Å². The zero-order chi connectivity index (χ0) is 20.4. The first kappa shape index (κ1) is 20.5. The predicted octanol–water partition coefficient (Wildman–Crippen LogP) is -0.711. The molecule has 0 spiro atoms. The molecular weight excluding hydrogens is 358 g/mol. The first-order chi connectivity index (χ1) is 13.5. The van der Waals surface area contributed by atoms with Gasteiger partial charge in [0.25, 0.3) is 11.8 Å². The number of hydrogen-bond donors (Lipinski definition) is 5. The van der Waals surface area contributed by atoms with Crippen molar-refractivity contribution in [2.45, 2.75) is 6.04 Å². The molecule has 8 nitrogen and oxygen atoms in total. The molecule has 2 aromatic rings. The molecule has 144 valence electrons. The normalized spacial score (nSPS) is 11.7. The van der Waals surface area contributed by atoms with Crippen molar-refractivity contribution in [3.63, 3.8) is 0 Å². The fraction of sp³-hybridized carbons (Fsp3) is 0.150. The highest BCUT2D eigenvalue weighted by Gasteiger charge is 2.19. The van der Waals surface area contributed by atoms with Crippen LogP contribution in [0.2, 0.25) is 0 Å². The van der Waals surface area contributed by atoms with E-state index in [0.29, 0.717) is 5.56 Å². The standard InChI is InChI=1S/C20H21N5O3/c21-12-18(26)23-13-17(19(22)25-28)24-20(27)16-10-8-15(9-11-16)7-6-14-4-2-1-3-5-14/h1-5,8-11,17,28H,12-13,21H2,(H2,22,25)(H,23,26)(H,24,27)/p+1.